The van der Waals surface area contributed by atoms with Crippen LogP contribution in [0, 0.1) is 22.0 Å². The second-order valence-corrected chi connectivity index (χ2v) is 7.55. The number of rotatable bonds is 5. The highest BCUT2D eigenvalue weighted by atomic mass is 16.6. The molecule has 2 aliphatic rings. The Morgan fingerprint density at radius 2 is 2.00 bits per heavy atom. The van der Waals surface area contributed by atoms with Gasteiger partial charge in [0.1, 0.15) is 0 Å². The standard InChI is InChI=1S/C19H29N3O3/c1-15-7-10-20(11-8-15)13-16-4-3-9-21(14-16)17-5-6-18(22(23)24)19(12-17)25-2/h5-6,12,15-16H,3-4,7-11,13-14H2,1-2H3. The molecule has 0 bridgehead atoms. The largest absolute Gasteiger partial charge is 0.490 e. The Kier molecular flexibility index (Phi) is 5.78. The first kappa shape index (κ1) is 18.0. The lowest BCUT2D eigenvalue weighted by Crippen LogP contribution is -2.43. The Labute approximate surface area is 149 Å². The number of nitrogens with zero attached hydrogens (tertiary/aromatic N) is 3. The third-order valence-corrected chi connectivity index (χ3v) is 5.64. The monoisotopic (exact) mass is 347 g/mol. The van der Waals surface area contributed by atoms with Crippen molar-refractivity contribution in [1.82, 2.24) is 4.90 Å². The highest BCUT2D eigenvalue weighted by Gasteiger charge is 2.25. The van der Waals surface area contributed by atoms with E-state index in [2.05, 4.69) is 16.7 Å². The maximum Gasteiger partial charge on any atom is 0.311 e. The number of nitro groups is 1. The number of methoxy groups -OCH3 is 1. The molecule has 0 radical (unpaired) electrons. The van der Waals surface area contributed by atoms with E-state index in [-0.39, 0.29) is 10.6 Å². The molecule has 2 heterocycles. The van der Waals surface area contributed by atoms with Crippen LogP contribution in [0.4, 0.5) is 11.4 Å². The Morgan fingerprint density at radius 3 is 2.68 bits per heavy atom. The zero-order valence-electron chi connectivity index (χ0n) is 15.3. The molecule has 0 spiro atoms. The summed E-state index contributed by atoms with van der Waals surface area (Å²) in [5.74, 6) is 1.88. The number of hydrogen-bond acceptors (Lipinski definition) is 5. The average Bonchev–Trinajstić information content (AvgIpc) is 2.63. The van der Waals surface area contributed by atoms with Gasteiger partial charge >= 0.3 is 5.69 Å². The lowest BCUT2D eigenvalue weighted by Gasteiger charge is -2.38. The van der Waals surface area contributed by atoms with Gasteiger partial charge in [0, 0.05) is 37.5 Å². The van der Waals surface area contributed by atoms with E-state index in [1.807, 2.05) is 12.1 Å². The number of piperidine rings is 2. The first-order valence-electron chi connectivity index (χ1n) is 9.36. The average molecular weight is 347 g/mol. The van der Waals surface area contributed by atoms with Gasteiger partial charge in [-0.3, -0.25) is 10.1 Å². The van der Waals surface area contributed by atoms with Crippen LogP contribution in [0.15, 0.2) is 18.2 Å². The van der Waals surface area contributed by atoms with Crippen molar-refractivity contribution in [3.05, 3.63) is 28.3 Å². The van der Waals surface area contributed by atoms with E-state index < -0.39 is 0 Å². The number of hydrogen-bond donors (Lipinski definition) is 0. The molecule has 1 aromatic carbocycles. The van der Waals surface area contributed by atoms with Gasteiger partial charge in [-0.05, 0) is 56.7 Å². The van der Waals surface area contributed by atoms with Crippen LogP contribution in [0.25, 0.3) is 0 Å². The van der Waals surface area contributed by atoms with E-state index >= 15 is 0 Å². The van der Waals surface area contributed by atoms with Crippen molar-refractivity contribution >= 4 is 11.4 Å². The summed E-state index contributed by atoms with van der Waals surface area (Å²) in [6.07, 6.45) is 5.08. The van der Waals surface area contributed by atoms with Gasteiger partial charge in [0.15, 0.2) is 5.75 Å². The van der Waals surface area contributed by atoms with E-state index in [9.17, 15) is 10.1 Å². The van der Waals surface area contributed by atoms with E-state index in [1.54, 1.807) is 6.07 Å². The maximum atomic E-state index is 11.1. The van der Waals surface area contributed by atoms with Crippen molar-refractivity contribution in [2.24, 2.45) is 11.8 Å². The van der Waals surface area contributed by atoms with Crippen LogP contribution in [-0.2, 0) is 0 Å². The maximum absolute atomic E-state index is 11.1. The molecule has 0 saturated carbocycles. The van der Waals surface area contributed by atoms with Gasteiger partial charge in [-0.2, -0.15) is 0 Å². The van der Waals surface area contributed by atoms with Crippen molar-refractivity contribution in [1.29, 1.82) is 0 Å². The van der Waals surface area contributed by atoms with Crippen molar-refractivity contribution < 1.29 is 9.66 Å². The van der Waals surface area contributed by atoms with Gasteiger partial charge in [0.2, 0.25) is 0 Å². The van der Waals surface area contributed by atoms with E-state index in [0.717, 1.165) is 24.7 Å². The van der Waals surface area contributed by atoms with Gasteiger partial charge in [-0.15, -0.1) is 0 Å². The third kappa shape index (κ3) is 4.42. The zero-order chi connectivity index (χ0) is 17.8. The molecule has 25 heavy (non-hydrogen) atoms. The quantitative estimate of drug-likeness (QED) is 0.602. The lowest BCUT2D eigenvalue weighted by atomic mass is 9.94. The topological polar surface area (TPSA) is 58.8 Å². The van der Waals surface area contributed by atoms with Gasteiger partial charge in [-0.25, -0.2) is 0 Å². The Balaban J connectivity index is 1.64. The van der Waals surface area contributed by atoms with Crippen molar-refractivity contribution in [2.45, 2.75) is 32.6 Å². The first-order valence-corrected chi connectivity index (χ1v) is 9.36. The first-order chi connectivity index (χ1) is 12.1. The molecule has 0 N–H and O–H groups in total. The minimum Gasteiger partial charge on any atom is -0.490 e. The number of ether oxygens (including phenoxy) is 1. The summed E-state index contributed by atoms with van der Waals surface area (Å²) in [5, 5.41) is 11.1. The molecule has 138 valence electrons. The molecule has 1 unspecified atom stereocenters. The van der Waals surface area contributed by atoms with Gasteiger partial charge in [0.25, 0.3) is 0 Å². The number of benzene rings is 1. The summed E-state index contributed by atoms with van der Waals surface area (Å²) in [6.45, 7) is 8.00. The second-order valence-electron chi connectivity index (χ2n) is 7.55. The van der Waals surface area contributed by atoms with Crippen LogP contribution in [0.5, 0.6) is 5.75 Å². The number of nitro benzene ring substituents is 1. The molecule has 0 amide bonds. The van der Waals surface area contributed by atoms with E-state index in [1.165, 1.54) is 52.4 Å². The third-order valence-electron chi connectivity index (χ3n) is 5.64. The molecule has 1 atom stereocenters. The molecule has 2 aliphatic heterocycles. The highest BCUT2D eigenvalue weighted by molar-refractivity contribution is 5.59. The van der Waals surface area contributed by atoms with Crippen molar-refractivity contribution in [3.63, 3.8) is 0 Å². The van der Waals surface area contributed by atoms with Gasteiger partial charge in [-0.1, -0.05) is 6.92 Å². The summed E-state index contributed by atoms with van der Waals surface area (Å²) < 4.78 is 5.22. The Bertz CT molecular complexity index is 600. The smallest absolute Gasteiger partial charge is 0.311 e. The second kappa shape index (κ2) is 8.04. The summed E-state index contributed by atoms with van der Waals surface area (Å²) in [7, 11) is 1.49. The molecule has 2 saturated heterocycles. The van der Waals surface area contributed by atoms with E-state index in [4.69, 9.17) is 4.74 Å². The van der Waals surface area contributed by atoms with Gasteiger partial charge in [0.05, 0.1) is 12.0 Å². The van der Waals surface area contributed by atoms with E-state index in [0.29, 0.717) is 11.7 Å². The minimum absolute atomic E-state index is 0.0299. The molecule has 0 aliphatic carbocycles. The number of anilines is 1. The Hall–Kier alpha value is -1.82. The molecule has 2 fully saturated rings. The molecule has 1 aromatic rings. The van der Waals surface area contributed by atoms with Crippen LogP contribution < -0.4 is 9.64 Å². The summed E-state index contributed by atoms with van der Waals surface area (Å²) in [5.41, 5.74) is 1.06. The predicted octanol–water partition coefficient (Wildman–Crippen LogP) is 3.55. The molecular formula is C19H29N3O3. The molecule has 3 rings (SSSR count). The Morgan fingerprint density at radius 1 is 1.24 bits per heavy atom. The van der Waals surface area contributed by atoms with Crippen LogP contribution in [0.3, 0.4) is 0 Å². The van der Waals surface area contributed by atoms with Gasteiger partial charge < -0.3 is 14.5 Å². The molecular weight excluding hydrogens is 318 g/mol. The zero-order valence-corrected chi connectivity index (χ0v) is 15.3. The minimum atomic E-state index is -0.390. The normalized spacial score (nSPS) is 22.8. The number of likely N-dealkylation sites (tertiary alicyclic amines) is 1. The van der Waals surface area contributed by atoms with Crippen LogP contribution in [-0.4, -0.2) is 49.7 Å². The fourth-order valence-electron chi connectivity index (χ4n) is 4.07. The fourth-order valence-corrected chi connectivity index (χ4v) is 4.07. The lowest BCUT2D eigenvalue weighted by molar-refractivity contribution is -0.385. The van der Waals surface area contributed by atoms with Crippen LogP contribution in [0.1, 0.15) is 32.6 Å². The summed E-state index contributed by atoms with van der Waals surface area (Å²) in [4.78, 5) is 15.7. The van der Waals surface area contributed by atoms with Crippen molar-refractivity contribution in [3.8, 4) is 5.75 Å². The summed E-state index contributed by atoms with van der Waals surface area (Å²) >= 11 is 0. The fraction of sp³-hybridized carbons (Fsp3) is 0.684. The molecule has 6 nitrogen and oxygen atoms in total. The molecule has 0 aromatic heterocycles. The predicted molar refractivity (Wildman–Crippen MR) is 99.4 cm³/mol. The molecule has 6 heteroatoms. The summed E-state index contributed by atoms with van der Waals surface area (Å²) in [6, 6.07) is 5.22. The highest BCUT2D eigenvalue weighted by Crippen LogP contribution is 2.33. The SMILES string of the molecule is COc1cc(N2CCCC(CN3CCC(C)CC3)C2)ccc1[N+](=O)[O-]. The van der Waals surface area contributed by atoms with Crippen LogP contribution in [0.2, 0.25) is 0 Å². The van der Waals surface area contributed by atoms with Crippen LogP contribution >= 0.6 is 0 Å². The van der Waals surface area contributed by atoms with Crippen molar-refractivity contribution in [2.75, 3.05) is 44.7 Å².